The first-order chi connectivity index (χ1) is 17.5. The van der Waals surface area contributed by atoms with E-state index in [2.05, 4.69) is 5.32 Å². The number of hydrogen-bond acceptors (Lipinski definition) is 3. The second kappa shape index (κ2) is 8.67. The third-order valence-electron chi connectivity index (χ3n) is 6.53. The van der Waals surface area contributed by atoms with E-state index in [1.807, 2.05) is 53.2 Å². The third kappa shape index (κ3) is 3.82. The molecule has 9 heteroatoms. The van der Waals surface area contributed by atoms with E-state index in [4.69, 9.17) is 4.42 Å². The number of carbonyl (C=O) groups is 2. The predicted molar refractivity (Wildman–Crippen MR) is 129 cm³/mol. The molecule has 2 aliphatic rings. The number of benzene rings is 2. The zero-order chi connectivity index (χ0) is 24.8. The van der Waals surface area contributed by atoms with Crippen molar-refractivity contribution in [2.45, 2.75) is 24.9 Å². The fourth-order valence-electron chi connectivity index (χ4n) is 4.73. The van der Waals surface area contributed by atoms with Gasteiger partial charge in [0.15, 0.2) is 0 Å². The van der Waals surface area contributed by atoms with Crippen molar-refractivity contribution < 1.29 is 22.8 Å². The van der Waals surface area contributed by atoms with Gasteiger partial charge in [-0.15, -0.1) is 0 Å². The van der Waals surface area contributed by atoms with Crippen LogP contribution in [0.4, 0.5) is 25.0 Å². The van der Waals surface area contributed by atoms with Crippen molar-refractivity contribution in [1.82, 2.24) is 9.47 Å². The summed E-state index contributed by atoms with van der Waals surface area (Å²) in [6, 6.07) is 16.7. The van der Waals surface area contributed by atoms with Crippen LogP contribution >= 0.6 is 0 Å². The number of halogens is 2. The van der Waals surface area contributed by atoms with E-state index in [0.717, 1.165) is 36.4 Å². The van der Waals surface area contributed by atoms with Gasteiger partial charge in [0.2, 0.25) is 5.91 Å². The van der Waals surface area contributed by atoms with E-state index in [9.17, 15) is 18.4 Å². The van der Waals surface area contributed by atoms with Gasteiger partial charge in [-0.05, 0) is 61.4 Å². The molecule has 182 valence electrons. The van der Waals surface area contributed by atoms with Crippen LogP contribution < -0.4 is 10.2 Å². The van der Waals surface area contributed by atoms with Gasteiger partial charge < -0.3 is 19.2 Å². The predicted octanol–water partition coefficient (Wildman–Crippen LogP) is 5.48. The van der Waals surface area contributed by atoms with E-state index < -0.39 is 23.7 Å². The van der Waals surface area contributed by atoms with E-state index in [0.29, 0.717) is 17.5 Å². The maximum atomic E-state index is 14.2. The average molecular weight is 488 g/mol. The van der Waals surface area contributed by atoms with E-state index in [1.54, 1.807) is 17.2 Å². The number of para-hydroxylation sites is 2. The highest BCUT2D eigenvalue weighted by atomic mass is 19.1. The van der Waals surface area contributed by atoms with Gasteiger partial charge >= 0.3 is 6.03 Å². The van der Waals surface area contributed by atoms with Gasteiger partial charge in [0.05, 0.1) is 29.0 Å². The summed E-state index contributed by atoms with van der Waals surface area (Å²) >= 11 is 0. The summed E-state index contributed by atoms with van der Waals surface area (Å²) in [7, 11) is 0. The van der Waals surface area contributed by atoms with E-state index in [-0.39, 0.29) is 24.2 Å². The molecule has 2 aromatic carbocycles. The molecule has 0 saturated heterocycles. The quantitative estimate of drug-likeness (QED) is 0.404. The first-order valence-corrected chi connectivity index (χ1v) is 11.7. The second-order valence-corrected chi connectivity index (χ2v) is 8.89. The highest BCUT2D eigenvalue weighted by molar-refractivity contribution is 6.01. The number of rotatable bonds is 5. The minimum absolute atomic E-state index is 0.136. The Morgan fingerprint density at radius 2 is 1.81 bits per heavy atom. The van der Waals surface area contributed by atoms with Crippen LogP contribution in [0, 0.1) is 11.6 Å². The number of nitrogens with zero attached hydrogens (tertiary/aromatic N) is 3. The Morgan fingerprint density at radius 3 is 2.53 bits per heavy atom. The summed E-state index contributed by atoms with van der Waals surface area (Å²) in [6.45, 7) is -0.217. The Balaban J connectivity index is 1.33. The first kappa shape index (κ1) is 22.1. The van der Waals surface area contributed by atoms with Gasteiger partial charge in [-0.25, -0.2) is 13.6 Å². The van der Waals surface area contributed by atoms with Crippen molar-refractivity contribution >= 4 is 23.3 Å². The molecule has 1 aliphatic carbocycles. The smallest absolute Gasteiger partial charge is 0.322 e. The lowest BCUT2D eigenvalue weighted by atomic mass is 10.0. The van der Waals surface area contributed by atoms with Gasteiger partial charge in [-0.1, -0.05) is 12.1 Å². The van der Waals surface area contributed by atoms with Crippen LogP contribution in [0.25, 0.3) is 5.69 Å². The summed E-state index contributed by atoms with van der Waals surface area (Å²) in [4.78, 5) is 30.1. The molecular weight excluding hydrogens is 466 g/mol. The van der Waals surface area contributed by atoms with Crippen LogP contribution in [-0.2, 0) is 4.79 Å². The normalized spacial score (nSPS) is 16.3. The van der Waals surface area contributed by atoms with Crippen molar-refractivity contribution in [2.24, 2.45) is 0 Å². The Kier molecular flexibility index (Phi) is 5.32. The summed E-state index contributed by atoms with van der Waals surface area (Å²) in [6.07, 6.45) is 4.99. The molecule has 1 unspecified atom stereocenters. The number of furan rings is 1. The minimum atomic E-state index is -0.881. The molecule has 1 fully saturated rings. The van der Waals surface area contributed by atoms with Crippen molar-refractivity contribution in [2.75, 3.05) is 16.8 Å². The lowest BCUT2D eigenvalue weighted by molar-refractivity contribution is -0.119. The summed E-state index contributed by atoms with van der Waals surface area (Å²) < 4.78 is 35.2. The lowest BCUT2D eigenvalue weighted by Crippen LogP contribution is -2.48. The summed E-state index contributed by atoms with van der Waals surface area (Å²) in [5.74, 6) is -1.34. The second-order valence-electron chi connectivity index (χ2n) is 8.89. The number of urea groups is 1. The number of amides is 3. The fourth-order valence-corrected chi connectivity index (χ4v) is 4.73. The number of hydrogen-bond donors (Lipinski definition) is 1. The molecule has 1 atom stereocenters. The molecule has 7 nitrogen and oxygen atoms in total. The highest BCUT2D eigenvalue weighted by Crippen LogP contribution is 2.42. The topological polar surface area (TPSA) is 70.7 Å². The van der Waals surface area contributed by atoms with Crippen molar-refractivity contribution in [3.05, 3.63) is 102 Å². The number of anilines is 2. The van der Waals surface area contributed by atoms with E-state index in [1.165, 1.54) is 4.90 Å². The van der Waals surface area contributed by atoms with Crippen LogP contribution in [0.15, 0.2) is 83.6 Å². The van der Waals surface area contributed by atoms with Gasteiger partial charge in [-0.3, -0.25) is 9.69 Å². The first-order valence-electron chi connectivity index (χ1n) is 11.7. The Morgan fingerprint density at radius 1 is 1.00 bits per heavy atom. The number of fused-ring (bicyclic) bond motifs is 3. The average Bonchev–Trinajstić information content (AvgIpc) is 3.34. The van der Waals surface area contributed by atoms with Crippen molar-refractivity contribution in [3.63, 3.8) is 0 Å². The molecule has 3 amide bonds. The van der Waals surface area contributed by atoms with Crippen LogP contribution in [-0.4, -0.2) is 34.0 Å². The summed E-state index contributed by atoms with van der Waals surface area (Å²) in [5.41, 5.74) is 2.24. The maximum Gasteiger partial charge on any atom is 0.322 e. The fraction of sp³-hybridized carbons (Fsp3) is 0.185. The molecule has 36 heavy (non-hydrogen) atoms. The largest absolute Gasteiger partial charge is 0.467 e. The number of carbonyl (C=O) groups excluding carboxylic acids is 2. The molecule has 2 aromatic heterocycles. The highest BCUT2D eigenvalue weighted by Gasteiger charge is 2.41. The molecule has 1 saturated carbocycles. The molecular formula is C27H22F2N4O3. The number of nitrogens with one attached hydrogen (secondary N) is 1. The molecule has 4 aromatic rings. The Hall–Kier alpha value is -4.40. The molecule has 0 bridgehead atoms. The molecule has 3 heterocycles. The Bertz CT molecular complexity index is 1440. The van der Waals surface area contributed by atoms with Crippen LogP contribution in [0.5, 0.6) is 0 Å². The van der Waals surface area contributed by atoms with Crippen LogP contribution in [0.3, 0.4) is 0 Å². The third-order valence-corrected chi connectivity index (χ3v) is 6.53. The standard InChI is InChI=1S/C27H22F2N4O3/c28-17-9-12-20(19(29)15-17)30-27(35)32(18-10-11-18)16-25(34)33-22-6-2-1-5-21(22)31-13-3-7-23(31)26(33)24-8-4-14-36-24/h1-9,12-15,18,26H,10-11,16H2,(H,30,35). The van der Waals surface area contributed by atoms with Gasteiger partial charge in [-0.2, -0.15) is 0 Å². The van der Waals surface area contributed by atoms with E-state index >= 15 is 0 Å². The SMILES string of the molecule is O=C(Nc1ccc(F)cc1F)N(CC(=O)N1c2ccccc2-n2cccc2C1c1ccco1)C1CC1. The van der Waals surface area contributed by atoms with Crippen molar-refractivity contribution in [1.29, 1.82) is 0 Å². The molecule has 1 N–H and O–H groups in total. The monoisotopic (exact) mass is 488 g/mol. The van der Waals surface area contributed by atoms with Gasteiger partial charge in [0.25, 0.3) is 0 Å². The van der Waals surface area contributed by atoms with Crippen molar-refractivity contribution in [3.8, 4) is 5.69 Å². The molecule has 0 radical (unpaired) electrons. The molecule has 1 aliphatic heterocycles. The zero-order valence-electron chi connectivity index (χ0n) is 19.1. The molecule has 0 spiro atoms. The molecule has 6 rings (SSSR count). The lowest BCUT2D eigenvalue weighted by Gasteiger charge is -2.38. The van der Waals surface area contributed by atoms with Gasteiger partial charge in [0.1, 0.15) is 30.0 Å². The minimum Gasteiger partial charge on any atom is -0.467 e. The zero-order valence-corrected chi connectivity index (χ0v) is 19.1. The Labute approximate surface area is 205 Å². The van der Waals surface area contributed by atoms with Crippen LogP contribution in [0.2, 0.25) is 0 Å². The van der Waals surface area contributed by atoms with Crippen LogP contribution in [0.1, 0.15) is 30.3 Å². The van der Waals surface area contributed by atoms with Gasteiger partial charge in [0, 0.05) is 18.3 Å². The number of aromatic nitrogens is 1. The summed E-state index contributed by atoms with van der Waals surface area (Å²) in [5, 5.41) is 2.49. The maximum absolute atomic E-state index is 14.2.